The lowest BCUT2D eigenvalue weighted by atomic mass is 9.43. The minimum absolute atomic E-state index is 0.00478. The van der Waals surface area contributed by atoms with Crippen molar-refractivity contribution < 1.29 is 44.0 Å². The number of carbonyl (C=O) groups excluding carboxylic acids is 4. The fourth-order valence-corrected chi connectivity index (χ4v) is 23.7. The number of benzene rings is 1. The molecule has 494 valence electrons. The summed E-state index contributed by atoms with van der Waals surface area (Å²) in [6, 6.07) is 9.95. The first-order valence-corrected chi connectivity index (χ1v) is 38.1. The van der Waals surface area contributed by atoms with E-state index in [0.29, 0.717) is 91.4 Å². The summed E-state index contributed by atoms with van der Waals surface area (Å²) in [4.78, 5) is 67.8. The van der Waals surface area contributed by atoms with E-state index in [9.17, 15) is 24.9 Å². The smallest absolute Gasteiger partial charge is 0.340 e. The normalized spacial score (nSPS) is 38.5. The van der Waals surface area contributed by atoms with Crippen LogP contribution in [0.5, 0.6) is 0 Å². The van der Waals surface area contributed by atoms with Crippen LogP contribution in [0.25, 0.3) is 0 Å². The lowest BCUT2D eigenvalue weighted by Gasteiger charge is -2.57. The average Bonchev–Trinajstić information content (AvgIpc) is 1.62. The zero-order chi connectivity index (χ0) is 63.5. The molecular weight excluding hydrogens is 1210 g/mol. The molecule has 16 rings (SSSR count). The molecule has 14 aliphatic rings. The average molecular weight is 1300 g/mol. The molecule has 7 N–H and O–H groups in total. The number of hydrogen-bond acceptors (Lipinski definition) is 15. The maximum Gasteiger partial charge on any atom is 0.340 e. The molecular formula is C76H94N6O9S2. The molecule has 5 aliphatic heterocycles. The lowest BCUT2D eigenvalue weighted by Crippen LogP contribution is -2.56. The fourth-order valence-electron chi connectivity index (χ4n) is 21.2. The number of aliphatic hydroxyl groups is 3. The number of aromatic nitrogens is 2. The number of amides is 2. The number of nitrogens with zero attached hydrogens (tertiary/aromatic N) is 2. The molecule has 2 amide bonds. The monoisotopic (exact) mass is 1300 g/mol. The number of aliphatic hydroxyl groups excluding tert-OH is 3. The maximum absolute atomic E-state index is 15.9. The van der Waals surface area contributed by atoms with Gasteiger partial charge in [-0.25, -0.2) is 14.6 Å². The van der Waals surface area contributed by atoms with Gasteiger partial charge >= 0.3 is 11.9 Å². The molecule has 1 aromatic carbocycles. The Morgan fingerprint density at radius 1 is 0.892 bits per heavy atom. The molecule has 18 atom stereocenters. The molecule has 1 spiro atoms. The van der Waals surface area contributed by atoms with E-state index in [2.05, 4.69) is 81.1 Å². The second kappa shape index (κ2) is 26.8. The van der Waals surface area contributed by atoms with Crippen LogP contribution in [0.15, 0.2) is 125 Å². The number of dihydropyridines is 1. The number of esters is 2. The lowest BCUT2D eigenvalue weighted by molar-refractivity contribution is -0.138. The molecule has 1 aromatic heterocycles. The Labute approximate surface area is 556 Å². The Morgan fingerprint density at radius 3 is 2.55 bits per heavy atom. The number of hydrogen-bond donors (Lipinski definition) is 7. The van der Waals surface area contributed by atoms with Crippen molar-refractivity contribution in [3.05, 3.63) is 136 Å². The van der Waals surface area contributed by atoms with E-state index in [1.165, 1.54) is 17.1 Å². The molecule has 6 fully saturated rings. The van der Waals surface area contributed by atoms with E-state index in [1.54, 1.807) is 17.1 Å². The molecule has 0 radical (unpaired) electrons. The van der Waals surface area contributed by atoms with Crippen molar-refractivity contribution in [2.75, 3.05) is 25.6 Å². The Hall–Kier alpha value is -5.61. The second-order valence-corrected chi connectivity index (χ2v) is 32.6. The van der Waals surface area contributed by atoms with Crippen molar-refractivity contribution in [2.24, 2.45) is 87.8 Å². The number of fused-ring (bicyclic) bond motifs is 5. The minimum atomic E-state index is -1.04. The van der Waals surface area contributed by atoms with Gasteiger partial charge in [0.15, 0.2) is 0 Å². The molecule has 0 unspecified atom stereocenters. The maximum atomic E-state index is 15.9. The number of imidazole rings is 1. The standard InChI is InChI=1S/C76H94N6O9S2/c1-2-75(28-6-7-29-75)38-61-57-20-19-55-54-26-30-76(69(55)68(57)73(88)90-61)62-23-21-56(53-18-16-45-32-46(41-83)34-50(14-9-13-48(53)33-45)60(84)35-44-10-4-3-5-11-44)72(81-59-22-17-47-12-8-15-51(66(47)71(59)87)36-52-39-77-42-79-52)93-92-43-80-63-37-49(27-31-78-63)58(67(54)70(76)74(89)91-62)40-82-64(85)24-25-65(82)86/h3-5,10-11,23-25,27,37-39,42,45-48,50-51,53-56,58-60,66,69,71-72,78,80-81,83-84,87H,2,6-8,12-13,15-22,26,28-36,40-41,43H2,1H3,(H,77,79)/b61-38-,62-23-/t45-,46+,47-,48+,50-,51+,53+,54-,55-,56-,58-,59+,60+,66-,69+,71+,72-,76-/m0/s1. The van der Waals surface area contributed by atoms with Gasteiger partial charge in [0.05, 0.1) is 46.6 Å². The summed E-state index contributed by atoms with van der Waals surface area (Å²) in [6.07, 6.45) is 34.3. The third kappa shape index (κ3) is 12.0. The van der Waals surface area contributed by atoms with Gasteiger partial charge in [0.1, 0.15) is 11.5 Å². The topological polar surface area (TPSA) is 215 Å². The highest BCUT2D eigenvalue weighted by Gasteiger charge is 2.69. The van der Waals surface area contributed by atoms with Crippen molar-refractivity contribution in [2.45, 2.75) is 178 Å². The van der Waals surface area contributed by atoms with Crippen molar-refractivity contribution >= 4 is 45.3 Å². The molecule has 93 heavy (non-hydrogen) atoms. The Balaban J connectivity index is 0.867. The van der Waals surface area contributed by atoms with Gasteiger partial charge in [0.2, 0.25) is 0 Å². The summed E-state index contributed by atoms with van der Waals surface area (Å²) in [7, 11) is 3.59. The van der Waals surface area contributed by atoms with Gasteiger partial charge in [0.25, 0.3) is 11.8 Å². The van der Waals surface area contributed by atoms with Crippen molar-refractivity contribution in [3.8, 4) is 11.8 Å². The van der Waals surface area contributed by atoms with E-state index in [0.717, 1.165) is 143 Å². The quantitative estimate of drug-likeness (QED) is 0.0430. The third-order valence-corrected chi connectivity index (χ3v) is 28.0. The van der Waals surface area contributed by atoms with Gasteiger partial charge in [-0.1, -0.05) is 103 Å². The van der Waals surface area contributed by atoms with Crippen LogP contribution in [0.4, 0.5) is 0 Å². The van der Waals surface area contributed by atoms with E-state index in [1.807, 2.05) is 35.2 Å². The number of H-pyrrole nitrogens is 1. The van der Waals surface area contributed by atoms with E-state index >= 15 is 9.59 Å². The predicted molar refractivity (Wildman–Crippen MR) is 359 cm³/mol. The molecule has 17 heteroatoms. The first kappa shape index (κ1) is 63.4. The van der Waals surface area contributed by atoms with Gasteiger partial charge in [-0.3, -0.25) is 19.8 Å². The molecule has 15 nitrogen and oxygen atoms in total. The van der Waals surface area contributed by atoms with Gasteiger partial charge in [-0.05, 0) is 209 Å². The highest BCUT2D eigenvalue weighted by atomic mass is 33.1. The number of aromatic amines is 1. The van der Waals surface area contributed by atoms with Crippen LogP contribution in [0, 0.1) is 99.6 Å². The molecule has 9 aliphatic carbocycles. The van der Waals surface area contributed by atoms with Crippen molar-refractivity contribution in [3.63, 3.8) is 0 Å². The summed E-state index contributed by atoms with van der Waals surface area (Å²) < 4.78 is 13.6. The highest BCUT2D eigenvalue weighted by molar-refractivity contribution is 8.76. The fraction of sp³-hybridized carbons (Fsp3) is 0.618. The van der Waals surface area contributed by atoms with Crippen LogP contribution in [-0.2, 0) is 41.5 Å². The molecule has 9 bridgehead atoms. The zero-order valence-electron chi connectivity index (χ0n) is 53.9. The van der Waals surface area contributed by atoms with Crippen LogP contribution in [0.1, 0.15) is 153 Å². The van der Waals surface area contributed by atoms with Gasteiger partial charge in [-0.2, -0.15) is 0 Å². The number of cyclic esters (lactones) is 1. The van der Waals surface area contributed by atoms with Gasteiger partial charge < -0.3 is 40.4 Å². The van der Waals surface area contributed by atoms with Crippen LogP contribution in [-0.4, -0.2) is 103 Å². The second-order valence-electron chi connectivity index (χ2n) is 30.1. The largest absolute Gasteiger partial charge is 0.427 e. The summed E-state index contributed by atoms with van der Waals surface area (Å²) in [6.45, 7) is 2.85. The van der Waals surface area contributed by atoms with Crippen LogP contribution in [0.2, 0.25) is 0 Å². The molecule has 1 saturated heterocycles. The Bertz CT molecular complexity index is 3480. The number of rotatable bonds is 13. The molecule has 5 saturated carbocycles. The first-order valence-electron chi connectivity index (χ1n) is 35.7. The van der Waals surface area contributed by atoms with Crippen LogP contribution < -0.4 is 16.0 Å². The molecule has 6 heterocycles. The number of nitrogens with one attached hydrogen (secondary N) is 4. The van der Waals surface area contributed by atoms with Crippen molar-refractivity contribution in [1.29, 1.82) is 0 Å². The third-order valence-electron chi connectivity index (χ3n) is 25.5. The number of imide groups is 1. The Morgan fingerprint density at radius 2 is 1.74 bits per heavy atom. The summed E-state index contributed by atoms with van der Waals surface area (Å²) in [5, 5.41) is 47.6. The zero-order valence-corrected chi connectivity index (χ0v) is 55.5. The van der Waals surface area contributed by atoms with Gasteiger partial charge in [0, 0.05) is 85.1 Å². The number of carbonyl (C=O) groups is 4. The van der Waals surface area contributed by atoms with Gasteiger partial charge in [-0.15, -0.1) is 5.92 Å². The van der Waals surface area contributed by atoms with Crippen LogP contribution >= 0.6 is 21.6 Å². The van der Waals surface area contributed by atoms with E-state index in [4.69, 9.17) is 9.47 Å². The highest BCUT2D eigenvalue weighted by Crippen LogP contribution is 2.72. The van der Waals surface area contributed by atoms with E-state index < -0.39 is 35.4 Å². The number of allylic oxidation sites excluding steroid dienone is 5. The first-order chi connectivity index (χ1) is 45.4. The van der Waals surface area contributed by atoms with Crippen LogP contribution in [0.3, 0.4) is 0 Å². The SMILES string of the molecule is CCC1(/C=C2\OC(=O)C3=C2CC[C@H]2[C@@H]4CC[C@@]5(C6=C4[C@@H](CN4C(=O)C=CC4=O)C4=CCNC(=C4)NCSS[C@H](N[C@@H]4CC[C@@H]7CCC[C@H](Cc8cnc[nH]8)[C@H]7[C@@H]4O)[C@H]([C@@H]4CC[C@H]7C[C@@H](CO)C[C@@H]([C@H](O)Cc8ccccc8)C#CC[C@@H]4C7)C/C=C/5OC6=O)[C@@H]32)CCCC1. The minimum Gasteiger partial charge on any atom is -0.427 e. The summed E-state index contributed by atoms with van der Waals surface area (Å²) >= 11 is 0. The Kier molecular flexibility index (Phi) is 18.3. The summed E-state index contributed by atoms with van der Waals surface area (Å²) in [5.74, 6) is 8.70. The summed E-state index contributed by atoms with van der Waals surface area (Å²) in [5.41, 5.74) is 5.24. The van der Waals surface area contributed by atoms with Crippen molar-refractivity contribution in [1.82, 2.24) is 30.8 Å². The molecule has 2 aromatic rings. The predicted octanol–water partition coefficient (Wildman–Crippen LogP) is 11.2. The van der Waals surface area contributed by atoms with E-state index in [-0.39, 0.29) is 95.1 Å². The number of ether oxygens (including phenoxy) is 2.